The number of benzene rings is 1. The second-order valence-corrected chi connectivity index (χ2v) is 9.36. The van der Waals surface area contributed by atoms with Crippen molar-refractivity contribution in [3.8, 4) is 11.6 Å². The lowest BCUT2D eigenvalue weighted by Crippen LogP contribution is -2.19. The first-order valence-corrected chi connectivity index (χ1v) is 12.0. The molecule has 4 aromatic rings. The number of aromatic amines is 2. The van der Waals surface area contributed by atoms with Crippen LogP contribution >= 0.6 is 11.6 Å². The summed E-state index contributed by atoms with van der Waals surface area (Å²) in [5.41, 5.74) is 1.66. The fraction of sp³-hybridized carbons (Fsp3) is 0.333. The lowest BCUT2D eigenvalue weighted by molar-refractivity contribution is 0.282. The first-order chi connectivity index (χ1) is 17.4. The molecule has 11 nitrogen and oxygen atoms in total. The standard InChI is InChI=1S/C24H27ClN8O3/c1-32(2)8-3-9-36-19-7-6-16(11-17(19)25)27-20-12-21(28-15-4-5-15)33-22(30-20)14(13-26-33)10-18-23(34)31-24(35)29-18/h6-7,10-13,15,27,34H,3-5,8-9H2,1-2H3,(H2,29,31,35)/b14-10-,28-21?. The third-order valence-corrected chi connectivity index (χ3v) is 5.88. The Morgan fingerprint density at radius 1 is 1.33 bits per heavy atom. The number of fused-ring (bicyclic) bond motifs is 1. The number of anilines is 2. The van der Waals surface area contributed by atoms with E-state index in [1.54, 1.807) is 22.9 Å². The van der Waals surface area contributed by atoms with Crippen molar-refractivity contribution >= 4 is 34.8 Å². The van der Waals surface area contributed by atoms with Gasteiger partial charge in [0.15, 0.2) is 11.1 Å². The number of aromatic nitrogens is 5. The molecule has 0 bridgehead atoms. The molecule has 188 valence electrons. The Kier molecular flexibility index (Phi) is 6.66. The normalized spacial score (nSPS) is 14.8. The Hall–Kier alpha value is -3.83. The Morgan fingerprint density at radius 3 is 2.86 bits per heavy atom. The van der Waals surface area contributed by atoms with Gasteiger partial charge in [0, 0.05) is 23.5 Å². The van der Waals surface area contributed by atoms with E-state index in [0.717, 1.165) is 31.5 Å². The molecule has 36 heavy (non-hydrogen) atoms. The van der Waals surface area contributed by atoms with Crippen LogP contribution in [-0.2, 0) is 0 Å². The second kappa shape index (κ2) is 10.0. The van der Waals surface area contributed by atoms with Crippen molar-refractivity contribution in [2.45, 2.75) is 25.3 Å². The number of nitrogens with one attached hydrogen (secondary N) is 3. The smallest absolute Gasteiger partial charge is 0.326 e. The van der Waals surface area contributed by atoms with Gasteiger partial charge in [0.25, 0.3) is 0 Å². The summed E-state index contributed by atoms with van der Waals surface area (Å²) in [4.78, 5) is 28.0. The van der Waals surface area contributed by atoms with Gasteiger partial charge in [-0.1, -0.05) is 11.6 Å². The predicted molar refractivity (Wildman–Crippen MR) is 137 cm³/mol. The molecule has 0 atom stereocenters. The summed E-state index contributed by atoms with van der Waals surface area (Å²) in [6.45, 7) is 1.52. The van der Waals surface area contributed by atoms with Crippen LogP contribution in [0.1, 0.15) is 25.0 Å². The number of rotatable bonds is 9. The number of hydrogen-bond donors (Lipinski definition) is 4. The molecular weight excluding hydrogens is 484 g/mol. The molecule has 1 fully saturated rings. The van der Waals surface area contributed by atoms with Gasteiger partial charge in [-0.25, -0.2) is 9.78 Å². The van der Waals surface area contributed by atoms with E-state index in [9.17, 15) is 9.90 Å². The van der Waals surface area contributed by atoms with Gasteiger partial charge in [-0.2, -0.15) is 9.61 Å². The van der Waals surface area contributed by atoms with E-state index in [2.05, 4.69) is 25.3 Å². The molecule has 0 unspecified atom stereocenters. The van der Waals surface area contributed by atoms with E-state index in [1.165, 1.54) is 0 Å². The Morgan fingerprint density at radius 2 is 2.17 bits per heavy atom. The Bertz CT molecular complexity index is 1570. The molecule has 0 radical (unpaired) electrons. The molecule has 1 aliphatic carbocycles. The van der Waals surface area contributed by atoms with Crippen molar-refractivity contribution in [1.82, 2.24) is 29.5 Å². The molecule has 3 heterocycles. The summed E-state index contributed by atoms with van der Waals surface area (Å²) in [5, 5.41) is 18.8. The maximum Gasteiger partial charge on any atom is 0.326 e. The lowest BCUT2D eigenvalue weighted by atomic mass is 10.3. The Balaban J connectivity index is 1.46. The summed E-state index contributed by atoms with van der Waals surface area (Å²) < 4.78 is 7.46. The highest BCUT2D eigenvalue weighted by molar-refractivity contribution is 6.32. The van der Waals surface area contributed by atoms with Gasteiger partial charge >= 0.3 is 5.69 Å². The number of ether oxygens (including phenoxy) is 1. The zero-order valence-corrected chi connectivity index (χ0v) is 20.7. The van der Waals surface area contributed by atoms with E-state index in [1.807, 2.05) is 32.3 Å². The van der Waals surface area contributed by atoms with Crippen LogP contribution in [0.25, 0.3) is 11.7 Å². The molecule has 4 N–H and O–H groups in total. The second-order valence-electron chi connectivity index (χ2n) is 8.96. The number of halogens is 1. The predicted octanol–water partition coefficient (Wildman–Crippen LogP) is 1.79. The molecule has 3 aromatic heterocycles. The lowest BCUT2D eigenvalue weighted by Gasteiger charge is -2.12. The first kappa shape index (κ1) is 23.9. The van der Waals surface area contributed by atoms with Crippen LogP contribution in [0.4, 0.5) is 11.5 Å². The van der Waals surface area contributed by atoms with Crippen LogP contribution < -0.4 is 26.4 Å². The highest BCUT2D eigenvalue weighted by Gasteiger charge is 2.20. The largest absolute Gasteiger partial charge is 0.493 e. The van der Waals surface area contributed by atoms with Crippen LogP contribution in [0, 0.1) is 0 Å². The number of hydrogen-bond acceptors (Lipinski definition) is 8. The summed E-state index contributed by atoms with van der Waals surface area (Å²) in [5.74, 6) is 0.927. The van der Waals surface area contributed by atoms with Crippen molar-refractivity contribution in [2.75, 3.05) is 32.6 Å². The number of imidazole rings is 1. The van der Waals surface area contributed by atoms with Crippen molar-refractivity contribution in [1.29, 1.82) is 0 Å². The summed E-state index contributed by atoms with van der Waals surface area (Å²) in [6.07, 6.45) is 6.20. The van der Waals surface area contributed by atoms with Gasteiger partial charge in [-0.15, -0.1) is 0 Å². The molecule has 0 aliphatic heterocycles. The van der Waals surface area contributed by atoms with Gasteiger partial charge in [0.2, 0.25) is 5.88 Å². The molecule has 1 aliphatic rings. The minimum absolute atomic E-state index is 0.240. The molecule has 0 amide bonds. The van der Waals surface area contributed by atoms with Gasteiger partial charge in [-0.05, 0) is 57.6 Å². The average molecular weight is 511 g/mol. The van der Waals surface area contributed by atoms with Crippen LogP contribution in [0.3, 0.4) is 0 Å². The van der Waals surface area contributed by atoms with Crippen LogP contribution in [0.5, 0.6) is 11.6 Å². The van der Waals surface area contributed by atoms with Gasteiger partial charge < -0.3 is 25.0 Å². The number of H-pyrrole nitrogens is 2. The number of nitrogens with zero attached hydrogens (tertiary/aromatic N) is 5. The van der Waals surface area contributed by atoms with E-state index in [0.29, 0.717) is 39.6 Å². The minimum atomic E-state index is -0.503. The molecule has 1 aromatic carbocycles. The summed E-state index contributed by atoms with van der Waals surface area (Å²) in [7, 11) is 4.05. The van der Waals surface area contributed by atoms with Crippen molar-refractivity contribution < 1.29 is 9.84 Å². The van der Waals surface area contributed by atoms with E-state index in [4.69, 9.17) is 26.3 Å². The molecule has 12 heteroatoms. The van der Waals surface area contributed by atoms with Gasteiger partial charge in [0.1, 0.15) is 17.3 Å². The zero-order chi connectivity index (χ0) is 25.2. The average Bonchev–Trinajstić information content (AvgIpc) is 3.46. The zero-order valence-electron chi connectivity index (χ0n) is 20.0. The van der Waals surface area contributed by atoms with Gasteiger partial charge in [0.05, 0.1) is 23.9 Å². The van der Waals surface area contributed by atoms with E-state index >= 15 is 0 Å². The monoisotopic (exact) mass is 510 g/mol. The third-order valence-electron chi connectivity index (χ3n) is 5.59. The molecular formula is C24H27ClN8O3. The van der Waals surface area contributed by atoms with E-state index in [-0.39, 0.29) is 17.6 Å². The fourth-order valence-electron chi connectivity index (χ4n) is 3.67. The van der Waals surface area contributed by atoms with Crippen LogP contribution in [0.15, 0.2) is 40.2 Å². The van der Waals surface area contributed by atoms with Gasteiger partial charge in [-0.3, -0.25) is 9.98 Å². The number of aromatic hydroxyl groups is 1. The molecule has 0 spiro atoms. The molecule has 0 saturated heterocycles. The SMILES string of the molecule is CN(C)CCCOc1ccc(Nc2cc(=NC3CC3)n3nc/c(=C/c4[nH]c(=O)[nH]c4O)c3n2)cc1Cl. The third kappa shape index (κ3) is 5.52. The van der Waals surface area contributed by atoms with Crippen molar-refractivity contribution in [2.24, 2.45) is 4.99 Å². The molecule has 1 saturated carbocycles. The highest BCUT2D eigenvalue weighted by Crippen LogP contribution is 2.29. The quantitative estimate of drug-likeness (QED) is 0.252. The molecule has 5 rings (SSSR count). The Labute approximate surface area is 211 Å². The van der Waals surface area contributed by atoms with Crippen molar-refractivity contribution in [3.05, 3.63) is 62.4 Å². The first-order valence-electron chi connectivity index (χ1n) is 11.7. The maximum absolute atomic E-state index is 11.5. The summed E-state index contributed by atoms with van der Waals surface area (Å²) in [6, 6.07) is 7.60. The summed E-state index contributed by atoms with van der Waals surface area (Å²) >= 11 is 6.47. The van der Waals surface area contributed by atoms with Crippen molar-refractivity contribution in [3.63, 3.8) is 0 Å². The highest BCUT2D eigenvalue weighted by atomic mass is 35.5. The van der Waals surface area contributed by atoms with Crippen LogP contribution in [0.2, 0.25) is 5.02 Å². The minimum Gasteiger partial charge on any atom is -0.493 e. The topological polar surface area (TPSA) is 136 Å². The maximum atomic E-state index is 11.5. The fourth-order valence-corrected chi connectivity index (χ4v) is 3.90. The van der Waals surface area contributed by atoms with E-state index < -0.39 is 5.69 Å². The van der Waals surface area contributed by atoms with Crippen LogP contribution in [-0.4, -0.2) is 67.9 Å².